The number of nitrogens with two attached hydrogens (primary N) is 1. The molecular formula is C18H36N4O2. The molecule has 0 spiro atoms. The van der Waals surface area contributed by atoms with Gasteiger partial charge in [-0.15, -0.1) is 0 Å². The Balaban J connectivity index is 3.47. The first-order valence-corrected chi connectivity index (χ1v) is 9.46. The maximum absolute atomic E-state index is 9.74. The van der Waals surface area contributed by atoms with Crippen LogP contribution >= 0.6 is 0 Å². The normalized spacial score (nSPS) is 15.2. The van der Waals surface area contributed by atoms with Crippen LogP contribution in [0.2, 0.25) is 0 Å². The predicted octanol–water partition coefficient (Wildman–Crippen LogP) is 4.56. The van der Waals surface area contributed by atoms with E-state index < -0.39 is 18.4 Å². The van der Waals surface area contributed by atoms with E-state index in [0.29, 0.717) is 0 Å². The van der Waals surface area contributed by atoms with Crippen LogP contribution in [0.1, 0.15) is 84.0 Å². The van der Waals surface area contributed by atoms with Crippen LogP contribution < -0.4 is 5.73 Å². The van der Waals surface area contributed by atoms with E-state index in [1.54, 1.807) is 6.08 Å². The van der Waals surface area contributed by atoms with Gasteiger partial charge in [-0.25, -0.2) is 0 Å². The van der Waals surface area contributed by atoms with Gasteiger partial charge in [-0.2, -0.15) is 0 Å². The first kappa shape index (κ1) is 22.9. The molecule has 0 bridgehead atoms. The molecule has 140 valence electrons. The van der Waals surface area contributed by atoms with E-state index in [9.17, 15) is 10.2 Å². The lowest BCUT2D eigenvalue weighted by Crippen LogP contribution is -2.42. The first-order chi connectivity index (χ1) is 11.6. The third kappa shape index (κ3) is 13.4. The Bertz CT molecular complexity index is 357. The fourth-order valence-corrected chi connectivity index (χ4v) is 2.60. The Hall–Kier alpha value is -1.07. The topological polar surface area (TPSA) is 115 Å². The summed E-state index contributed by atoms with van der Waals surface area (Å²) in [5, 5.41) is 22.2. The molecular weight excluding hydrogens is 304 g/mol. The van der Waals surface area contributed by atoms with E-state index in [0.717, 1.165) is 12.8 Å². The van der Waals surface area contributed by atoms with Crippen LogP contribution in [0.5, 0.6) is 0 Å². The highest BCUT2D eigenvalue weighted by Gasteiger charge is 2.19. The Morgan fingerprint density at radius 2 is 1.46 bits per heavy atom. The second kappa shape index (κ2) is 16.8. The summed E-state index contributed by atoms with van der Waals surface area (Å²) in [6, 6.07) is -0.991. The summed E-state index contributed by atoms with van der Waals surface area (Å²) in [6.45, 7) is 2.25. The van der Waals surface area contributed by atoms with Gasteiger partial charge in [0, 0.05) is 4.91 Å². The molecule has 0 saturated carbocycles. The lowest BCUT2D eigenvalue weighted by molar-refractivity contribution is 0.0830. The Morgan fingerprint density at radius 3 is 1.96 bits per heavy atom. The molecule has 0 radical (unpaired) electrons. The molecule has 0 rings (SSSR count). The molecule has 0 amide bonds. The number of hydrogen-bond acceptors (Lipinski definition) is 4. The second-order valence-electron chi connectivity index (χ2n) is 6.44. The molecule has 0 aliphatic carbocycles. The molecule has 0 heterocycles. The SMILES string of the molecule is CCCCCCCCCCCCC/C=C/[C@@H](O)[C@@H](N)C(O)N=[N+]=[N-]. The van der Waals surface area contributed by atoms with Crippen molar-refractivity contribution < 1.29 is 10.2 Å². The molecule has 0 saturated heterocycles. The summed E-state index contributed by atoms with van der Waals surface area (Å²) in [6.07, 6.45) is 16.3. The number of allylic oxidation sites excluding steroid dienone is 1. The summed E-state index contributed by atoms with van der Waals surface area (Å²) in [4.78, 5) is 2.47. The average molecular weight is 341 g/mol. The van der Waals surface area contributed by atoms with Gasteiger partial charge in [0.2, 0.25) is 0 Å². The van der Waals surface area contributed by atoms with Crippen molar-refractivity contribution in [3.63, 3.8) is 0 Å². The minimum absolute atomic E-state index is 0.887. The number of aliphatic hydroxyl groups excluding tert-OH is 2. The van der Waals surface area contributed by atoms with Crippen LogP contribution in [-0.2, 0) is 0 Å². The highest BCUT2D eigenvalue weighted by atomic mass is 16.3. The lowest BCUT2D eigenvalue weighted by atomic mass is 10.0. The van der Waals surface area contributed by atoms with Gasteiger partial charge in [0.25, 0.3) is 0 Å². The average Bonchev–Trinajstić information content (AvgIpc) is 2.58. The smallest absolute Gasteiger partial charge is 0.150 e. The van der Waals surface area contributed by atoms with Gasteiger partial charge < -0.3 is 15.9 Å². The number of aliphatic hydroxyl groups is 2. The lowest BCUT2D eigenvalue weighted by Gasteiger charge is -2.17. The van der Waals surface area contributed by atoms with Gasteiger partial charge in [0.1, 0.15) is 0 Å². The fourth-order valence-electron chi connectivity index (χ4n) is 2.60. The number of nitrogens with zero attached hydrogens (tertiary/aromatic N) is 3. The third-order valence-corrected chi connectivity index (χ3v) is 4.22. The standard InChI is InChI=1S/C18H36N4O2/c1-2-3-4-5-6-7-8-9-10-11-12-13-14-15-16(23)17(19)18(24)21-22-20/h14-18,23-24H,2-13,19H2,1H3/b15-14+/t16-,17-,18?/m1/s1. The van der Waals surface area contributed by atoms with Crippen molar-refractivity contribution in [1.82, 2.24) is 0 Å². The summed E-state index contributed by atoms with van der Waals surface area (Å²) in [7, 11) is 0. The second-order valence-corrected chi connectivity index (χ2v) is 6.44. The van der Waals surface area contributed by atoms with Gasteiger partial charge in [0.05, 0.1) is 12.1 Å². The number of azide groups is 1. The van der Waals surface area contributed by atoms with Crippen molar-refractivity contribution in [3.05, 3.63) is 22.6 Å². The zero-order valence-corrected chi connectivity index (χ0v) is 15.2. The molecule has 1 unspecified atom stereocenters. The Kier molecular flexibility index (Phi) is 16.0. The van der Waals surface area contributed by atoms with Crippen molar-refractivity contribution >= 4 is 0 Å². The zero-order chi connectivity index (χ0) is 18.0. The quantitative estimate of drug-likeness (QED) is 0.126. The summed E-state index contributed by atoms with van der Waals surface area (Å²) in [5.74, 6) is 0. The number of rotatable bonds is 16. The van der Waals surface area contributed by atoms with Gasteiger partial charge in [0.15, 0.2) is 6.23 Å². The van der Waals surface area contributed by atoms with Crippen molar-refractivity contribution in [3.8, 4) is 0 Å². The Morgan fingerprint density at radius 1 is 0.958 bits per heavy atom. The summed E-state index contributed by atoms with van der Waals surface area (Å²) >= 11 is 0. The highest BCUT2D eigenvalue weighted by molar-refractivity contribution is 4.95. The van der Waals surface area contributed by atoms with E-state index in [-0.39, 0.29) is 0 Å². The van der Waals surface area contributed by atoms with Crippen molar-refractivity contribution in [2.24, 2.45) is 10.8 Å². The zero-order valence-electron chi connectivity index (χ0n) is 15.2. The van der Waals surface area contributed by atoms with E-state index in [1.807, 2.05) is 6.08 Å². The van der Waals surface area contributed by atoms with E-state index in [1.165, 1.54) is 64.2 Å². The van der Waals surface area contributed by atoms with Gasteiger partial charge in [-0.1, -0.05) is 88.4 Å². The fraction of sp³-hybridized carbons (Fsp3) is 0.889. The maximum atomic E-state index is 9.74. The van der Waals surface area contributed by atoms with Crippen molar-refractivity contribution in [2.75, 3.05) is 0 Å². The summed E-state index contributed by atoms with van der Waals surface area (Å²) in [5.41, 5.74) is 13.8. The van der Waals surface area contributed by atoms with E-state index in [4.69, 9.17) is 11.3 Å². The monoisotopic (exact) mass is 340 g/mol. The third-order valence-electron chi connectivity index (χ3n) is 4.22. The van der Waals surface area contributed by atoms with Crippen LogP contribution in [0.4, 0.5) is 0 Å². The molecule has 0 aliphatic heterocycles. The highest BCUT2D eigenvalue weighted by Crippen LogP contribution is 2.12. The van der Waals surface area contributed by atoms with Crippen LogP contribution in [0.3, 0.4) is 0 Å². The Labute approximate surface area is 146 Å². The minimum atomic E-state index is -1.41. The molecule has 0 aliphatic rings. The minimum Gasteiger partial charge on any atom is -0.387 e. The molecule has 24 heavy (non-hydrogen) atoms. The van der Waals surface area contributed by atoms with E-state index in [2.05, 4.69) is 16.9 Å². The van der Waals surface area contributed by atoms with Crippen LogP contribution in [0.15, 0.2) is 17.3 Å². The van der Waals surface area contributed by atoms with Crippen LogP contribution in [0, 0.1) is 0 Å². The van der Waals surface area contributed by atoms with Gasteiger partial charge >= 0.3 is 0 Å². The molecule has 3 atom stereocenters. The van der Waals surface area contributed by atoms with Crippen LogP contribution in [-0.4, -0.2) is 28.6 Å². The van der Waals surface area contributed by atoms with E-state index >= 15 is 0 Å². The molecule has 0 aromatic carbocycles. The van der Waals surface area contributed by atoms with Crippen molar-refractivity contribution in [1.29, 1.82) is 0 Å². The molecule has 0 aromatic rings. The summed E-state index contributed by atoms with van der Waals surface area (Å²) < 4.78 is 0. The molecule has 4 N–H and O–H groups in total. The molecule has 6 nitrogen and oxygen atoms in total. The van der Waals surface area contributed by atoms with Crippen LogP contribution in [0.25, 0.3) is 10.4 Å². The number of unbranched alkanes of at least 4 members (excludes halogenated alkanes) is 11. The van der Waals surface area contributed by atoms with Crippen molar-refractivity contribution in [2.45, 2.75) is 102 Å². The number of hydrogen-bond donors (Lipinski definition) is 3. The molecule has 0 fully saturated rings. The van der Waals surface area contributed by atoms with Gasteiger partial charge in [-0.3, -0.25) is 0 Å². The molecule has 6 heteroatoms. The predicted molar refractivity (Wildman–Crippen MR) is 99.4 cm³/mol. The largest absolute Gasteiger partial charge is 0.387 e. The molecule has 0 aromatic heterocycles. The maximum Gasteiger partial charge on any atom is 0.150 e. The first-order valence-electron chi connectivity index (χ1n) is 9.46. The van der Waals surface area contributed by atoms with Gasteiger partial charge in [-0.05, 0) is 18.4 Å².